The molecule has 0 radical (unpaired) electrons. The summed E-state index contributed by atoms with van der Waals surface area (Å²) < 4.78 is 5.21. The number of benzene rings is 1. The minimum Gasteiger partial charge on any atom is -0.508 e. The Labute approximate surface area is 98.0 Å². The van der Waals surface area contributed by atoms with Gasteiger partial charge < -0.3 is 9.84 Å². The Hall–Kier alpha value is -2.30. The number of carbonyl (C=O) groups excluding carboxylic acids is 1. The molecule has 2 aromatic rings. The van der Waals surface area contributed by atoms with Gasteiger partial charge in [0.15, 0.2) is 0 Å². The van der Waals surface area contributed by atoms with E-state index < -0.39 is 12.1 Å². The second-order valence-electron chi connectivity index (χ2n) is 3.61. The first kappa shape index (κ1) is 11.2. The van der Waals surface area contributed by atoms with Crippen molar-refractivity contribution in [1.82, 2.24) is 10.2 Å². The molecule has 5 nitrogen and oxygen atoms in total. The highest BCUT2D eigenvalue weighted by atomic mass is 16.5. The first-order valence-electron chi connectivity index (χ1n) is 5.16. The van der Waals surface area contributed by atoms with Crippen LogP contribution in [0.3, 0.4) is 0 Å². The van der Waals surface area contributed by atoms with Crippen molar-refractivity contribution >= 4 is 5.97 Å². The molecular weight excluding hydrogens is 220 g/mol. The van der Waals surface area contributed by atoms with Gasteiger partial charge in [0.2, 0.25) is 0 Å². The zero-order chi connectivity index (χ0) is 12.3. The van der Waals surface area contributed by atoms with E-state index in [-0.39, 0.29) is 5.75 Å². The number of hydrogen-bond donors (Lipinski definition) is 2. The molecule has 5 heteroatoms. The van der Waals surface area contributed by atoms with Crippen LogP contribution in [0.2, 0.25) is 0 Å². The van der Waals surface area contributed by atoms with Gasteiger partial charge in [-0.3, -0.25) is 5.10 Å². The number of aromatic hydroxyl groups is 1. The van der Waals surface area contributed by atoms with Crippen molar-refractivity contribution in [2.45, 2.75) is 13.0 Å². The van der Waals surface area contributed by atoms with Crippen LogP contribution in [0, 0.1) is 0 Å². The average molecular weight is 232 g/mol. The number of carbonyl (C=O) groups is 1. The number of esters is 1. The monoisotopic (exact) mass is 232 g/mol. The lowest BCUT2D eigenvalue weighted by molar-refractivity contribution is 0.0330. The molecule has 0 aliphatic heterocycles. The van der Waals surface area contributed by atoms with E-state index in [0.29, 0.717) is 5.69 Å². The Morgan fingerprint density at radius 2 is 2.29 bits per heavy atom. The minimum atomic E-state index is -0.474. The van der Waals surface area contributed by atoms with Gasteiger partial charge in [0.05, 0.1) is 0 Å². The summed E-state index contributed by atoms with van der Waals surface area (Å²) in [5.74, 6) is -0.328. The van der Waals surface area contributed by atoms with Gasteiger partial charge in [-0.15, -0.1) is 0 Å². The smallest absolute Gasteiger partial charge is 0.356 e. The van der Waals surface area contributed by atoms with Crippen molar-refractivity contribution < 1.29 is 14.6 Å². The van der Waals surface area contributed by atoms with Gasteiger partial charge in [0.1, 0.15) is 17.5 Å². The van der Waals surface area contributed by atoms with E-state index in [9.17, 15) is 9.90 Å². The van der Waals surface area contributed by atoms with Crippen molar-refractivity contribution in [3.63, 3.8) is 0 Å². The number of H-pyrrole nitrogens is 1. The molecule has 88 valence electrons. The van der Waals surface area contributed by atoms with Crippen LogP contribution in [-0.4, -0.2) is 21.3 Å². The Bertz CT molecular complexity index is 508. The Morgan fingerprint density at radius 1 is 1.47 bits per heavy atom. The molecular formula is C12H12N2O3. The molecule has 0 spiro atoms. The summed E-state index contributed by atoms with van der Waals surface area (Å²) >= 11 is 0. The minimum absolute atomic E-state index is 0.145. The van der Waals surface area contributed by atoms with E-state index in [4.69, 9.17) is 4.74 Å². The van der Waals surface area contributed by atoms with Gasteiger partial charge in [0, 0.05) is 6.20 Å². The highest BCUT2D eigenvalue weighted by Gasteiger charge is 2.14. The number of phenols is 1. The quantitative estimate of drug-likeness (QED) is 0.794. The summed E-state index contributed by atoms with van der Waals surface area (Å²) in [7, 11) is 0. The van der Waals surface area contributed by atoms with Crippen molar-refractivity contribution in [2.75, 3.05) is 0 Å². The van der Waals surface area contributed by atoms with Crippen LogP contribution in [0.5, 0.6) is 5.75 Å². The molecule has 0 fully saturated rings. The van der Waals surface area contributed by atoms with Gasteiger partial charge in [-0.2, -0.15) is 5.10 Å². The van der Waals surface area contributed by atoms with Crippen LogP contribution in [0.4, 0.5) is 0 Å². The van der Waals surface area contributed by atoms with Crippen molar-refractivity contribution in [2.24, 2.45) is 0 Å². The maximum absolute atomic E-state index is 11.6. The number of phenolic OH excluding ortho intramolecular Hbond substituents is 1. The predicted molar refractivity (Wildman–Crippen MR) is 60.5 cm³/mol. The molecule has 2 N–H and O–H groups in total. The lowest BCUT2D eigenvalue weighted by Gasteiger charge is -2.12. The average Bonchev–Trinajstić information content (AvgIpc) is 2.82. The largest absolute Gasteiger partial charge is 0.508 e. The van der Waals surface area contributed by atoms with Gasteiger partial charge in [-0.25, -0.2) is 4.79 Å². The molecule has 1 atom stereocenters. The summed E-state index contributed by atoms with van der Waals surface area (Å²) in [5, 5.41) is 15.5. The molecule has 0 saturated heterocycles. The SMILES string of the molecule is CC(OC(=O)c1ccn[nH]1)c1cccc(O)c1. The molecule has 0 bridgehead atoms. The summed E-state index contributed by atoms with van der Waals surface area (Å²) in [5.41, 5.74) is 1.04. The Morgan fingerprint density at radius 3 is 2.94 bits per heavy atom. The third-order valence-electron chi connectivity index (χ3n) is 2.34. The van der Waals surface area contributed by atoms with E-state index in [1.807, 2.05) is 0 Å². The molecule has 1 aromatic heterocycles. The van der Waals surface area contributed by atoms with Gasteiger partial charge in [0.25, 0.3) is 0 Å². The van der Waals surface area contributed by atoms with Crippen LogP contribution >= 0.6 is 0 Å². The highest BCUT2D eigenvalue weighted by Crippen LogP contribution is 2.21. The second-order valence-corrected chi connectivity index (χ2v) is 3.61. The normalized spacial score (nSPS) is 12.1. The first-order valence-corrected chi connectivity index (χ1v) is 5.16. The zero-order valence-corrected chi connectivity index (χ0v) is 9.25. The van der Waals surface area contributed by atoms with Crippen LogP contribution in [-0.2, 0) is 4.74 Å². The fourth-order valence-corrected chi connectivity index (χ4v) is 1.44. The number of nitrogens with zero attached hydrogens (tertiary/aromatic N) is 1. The van der Waals surface area contributed by atoms with E-state index >= 15 is 0 Å². The number of rotatable bonds is 3. The maximum atomic E-state index is 11.6. The molecule has 1 heterocycles. The van der Waals surface area contributed by atoms with Gasteiger partial charge >= 0.3 is 5.97 Å². The van der Waals surface area contributed by atoms with E-state index in [2.05, 4.69) is 10.2 Å². The highest BCUT2D eigenvalue weighted by molar-refractivity contribution is 5.87. The summed E-state index contributed by atoms with van der Waals surface area (Å²) in [4.78, 5) is 11.6. The number of ether oxygens (including phenoxy) is 1. The second kappa shape index (κ2) is 4.69. The number of nitrogens with one attached hydrogen (secondary N) is 1. The lowest BCUT2D eigenvalue weighted by atomic mass is 10.1. The van der Waals surface area contributed by atoms with Crippen molar-refractivity contribution in [3.05, 3.63) is 47.8 Å². The molecule has 0 amide bonds. The topological polar surface area (TPSA) is 75.2 Å². The fraction of sp³-hybridized carbons (Fsp3) is 0.167. The molecule has 0 saturated carbocycles. The fourth-order valence-electron chi connectivity index (χ4n) is 1.44. The lowest BCUT2D eigenvalue weighted by Crippen LogP contribution is -2.09. The summed E-state index contributed by atoms with van der Waals surface area (Å²) in [6.45, 7) is 1.74. The molecule has 17 heavy (non-hydrogen) atoms. The third kappa shape index (κ3) is 2.63. The van der Waals surface area contributed by atoms with E-state index in [0.717, 1.165) is 5.56 Å². The van der Waals surface area contributed by atoms with Crippen LogP contribution in [0.25, 0.3) is 0 Å². The van der Waals surface area contributed by atoms with Crippen LogP contribution in [0.15, 0.2) is 36.5 Å². The van der Waals surface area contributed by atoms with E-state index in [1.165, 1.54) is 12.3 Å². The summed E-state index contributed by atoms with van der Waals surface area (Å²) in [6.07, 6.45) is 1.05. The van der Waals surface area contributed by atoms with E-state index in [1.54, 1.807) is 31.2 Å². The number of hydrogen-bond acceptors (Lipinski definition) is 4. The first-order chi connectivity index (χ1) is 8.16. The Balaban J connectivity index is 2.07. The van der Waals surface area contributed by atoms with Crippen molar-refractivity contribution in [3.8, 4) is 5.75 Å². The van der Waals surface area contributed by atoms with Gasteiger partial charge in [-0.1, -0.05) is 12.1 Å². The standard InChI is InChI=1S/C12H12N2O3/c1-8(9-3-2-4-10(15)7-9)17-12(16)11-5-6-13-14-11/h2-8,15H,1H3,(H,13,14). The molecule has 1 aromatic carbocycles. The number of aromatic amines is 1. The third-order valence-corrected chi connectivity index (χ3v) is 2.34. The zero-order valence-electron chi connectivity index (χ0n) is 9.25. The molecule has 1 unspecified atom stereocenters. The predicted octanol–water partition coefficient (Wildman–Crippen LogP) is 2.03. The molecule has 0 aliphatic rings. The maximum Gasteiger partial charge on any atom is 0.356 e. The summed E-state index contributed by atoms with van der Waals surface area (Å²) in [6, 6.07) is 8.14. The Kier molecular flexibility index (Phi) is 3.09. The molecule has 2 rings (SSSR count). The van der Waals surface area contributed by atoms with Crippen LogP contribution < -0.4 is 0 Å². The van der Waals surface area contributed by atoms with Gasteiger partial charge in [-0.05, 0) is 30.7 Å². The van der Waals surface area contributed by atoms with Crippen LogP contribution in [0.1, 0.15) is 29.1 Å². The molecule has 0 aliphatic carbocycles. The van der Waals surface area contributed by atoms with Crippen molar-refractivity contribution in [1.29, 1.82) is 0 Å². The number of aromatic nitrogens is 2.